The highest BCUT2D eigenvalue weighted by Crippen LogP contribution is 2.32. The molecule has 0 spiro atoms. The molecule has 1 nitrogen and oxygen atoms in total. The van der Waals surface area contributed by atoms with Gasteiger partial charge in [0.25, 0.3) is 0 Å². The number of thiophene rings is 1. The van der Waals surface area contributed by atoms with Crippen molar-refractivity contribution in [2.75, 3.05) is 0 Å². The van der Waals surface area contributed by atoms with Crippen LogP contribution in [0.25, 0.3) is 10.1 Å². The molecule has 0 aliphatic carbocycles. The Morgan fingerprint density at radius 1 is 1.10 bits per heavy atom. The summed E-state index contributed by atoms with van der Waals surface area (Å²) < 4.78 is 3.44. The Morgan fingerprint density at radius 2 is 1.90 bits per heavy atom. The molecule has 4 heteroatoms. The molecule has 102 valence electrons. The Kier molecular flexibility index (Phi) is 4.26. The van der Waals surface area contributed by atoms with Gasteiger partial charge in [-0.1, -0.05) is 50.1 Å². The molecule has 0 saturated heterocycles. The number of fused-ring (bicyclic) bond motifs is 1. The average Bonchev–Trinajstić information content (AvgIpc) is 2.85. The van der Waals surface area contributed by atoms with Crippen molar-refractivity contribution in [3.8, 4) is 0 Å². The predicted molar refractivity (Wildman–Crippen MR) is 94.3 cm³/mol. The quantitative estimate of drug-likeness (QED) is 0.591. The number of rotatable bonds is 3. The summed E-state index contributed by atoms with van der Waals surface area (Å²) >= 11 is 8.88. The molecule has 1 atom stereocenters. The van der Waals surface area contributed by atoms with Crippen LogP contribution in [0.3, 0.4) is 0 Å². The van der Waals surface area contributed by atoms with Crippen molar-refractivity contribution in [3.05, 3.63) is 67.9 Å². The Labute approximate surface area is 139 Å². The Bertz CT molecular complexity index is 751. The summed E-state index contributed by atoms with van der Waals surface area (Å²) in [6, 6.07) is 14.6. The zero-order valence-electron chi connectivity index (χ0n) is 10.6. The van der Waals surface area contributed by atoms with Crippen LogP contribution in [0.2, 0.25) is 0 Å². The van der Waals surface area contributed by atoms with Gasteiger partial charge in [-0.05, 0) is 52.6 Å². The summed E-state index contributed by atoms with van der Waals surface area (Å²) in [5.74, 6) is 0. The molecule has 20 heavy (non-hydrogen) atoms. The molecule has 0 saturated carbocycles. The van der Waals surface area contributed by atoms with Gasteiger partial charge in [0.15, 0.2) is 0 Å². The van der Waals surface area contributed by atoms with E-state index in [-0.39, 0.29) is 6.04 Å². The van der Waals surface area contributed by atoms with Gasteiger partial charge in [-0.15, -0.1) is 11.3 Å². The second-order valence-corrected chi connectivity index (χ2v) is 7.41. The van der Waals surface area contributed by atoms with E-state index < -0.39 is 0 Å². The lowest BCUT2D eigenvalue weighted by atomic mass is 9.99. The van der Waals surface area contributed by atoms with Crippen LogP contribution in [-0.4, -0.2) is 0 Å². The minimum atomic E-state index is -0.0140. The predicted octanol–water partition coefficient (Wildman–Crippen LogP) is 5.67. The summed E-state index contributed by atoms with van der Waals surface area (Å²) in [4.78, 5) is 0. The molecule has 2 N–H and O–H groups in total. The fraction of sp³-hybridized carbons (Fsp3) is 0.125. The molecule has 0 fully saturated rings. The molecular formula is C16H13Br2NS. The fourth-order valence-corrected chi connectivity index (χ4v) is 4.23. The largest absolute Gasteiger partial charge is 0.324 e. The van der Waals surface area contributed by atoms with E-state index in [1.54, 1.807) is 11.3 Å². The van der Waals surface area contributed by atoms with Gasteiger partial charge in [-0.25, -0.2) is 0 Å². The standard InChI is InChI=1S/C16H13Br2NS/c17-11-5-6-14(18)13(8-11)15(19)7-10-9-20-16-4-2-1-3-12(10)16/h1-6,8-9,15H,7,19H2. The fourth-order valence-electron chi connectivity index (χ4n) is 2.34. The second-order valence-electron chi connectivity index (χ2n) is 4.73. The van der Waals surface area contributed by atoms with Crippen molar-refractivity contribution in [1.82, 2.24) is 0 Å². The lowest BCUT2D eigenvalue weighted by Gasteiger charge is -2.14. The van der Waals surface area contributed by atoms with Crippen LogP contribution in [-0.2, 0) is 6.42 Å². The molecule has 1 unspecified atom stereocenters. The topological polar surface area (TPSA) is 26.0 Å². The first-order valence-electron chi connectivity index (χ1n) is 6.31. The van der Waals surface area contributed by atoms with E-state index in [0.717, 1.165) is 20.9 Å². The molecule has 1 heterocycles. The van der Waals surface area contributed by atoms with Crippen LogP contribution in [0.1, 0.15) is 17.2 Å². The third-order valence-corrected chi connectivity index (χ3v) is 5.59. The highest BCUT2D eigenvalue weighted by Gasteiger charge is 2.13. The summed E-state index contributed by atoms with van der Waals surface area (Å²) in [6.07, 6.45) is 0.846. The minimum absolute atomic E-state index is 0.0140. The summed E-state index contributed by atoms with van der Waals surface area (Å²) in [5.41, 5.74) is 8.86. The molecule has 1 aromatic heterocycles. The van der Waals surface area contributed by atoms with Gasteiger partial charge >= 0.3 is 0 Å². The Balaban J connectivity index is 1.92. The van der Waals surface area contributed by atoms with Gasteiger partial charge < -0.3 is 5.73 Å². The van der Waals surface area contributed by atoms with Gasteiger partial charge in [0.1, 0.15) is 0 Å². The number of benzene rings is 2. The van der Waals surface area contributed by atoms with Gasteiger partial charge in [0.05, 0.1) is 0 Å². The SMILES string of the molecule is NC(Cc1csc2ccccc12)c1cc(Br)ccc1Br. The van der Waals surface area contributed by atoms with E-state index in [1.807, 2.05) is 12.1 Å². The molecule has 0 radical (unpaired) electrons. The van der Waals surface area contributed by atoms with Crippen molar-refractivity contribution in [2.24, 2.45) is 5.73 Å². The molecule has 0 aliphatic heterocycles. The van der Waals surface area contributed by atoms with Crippen molar-refractivity contribution >= 4 is 53.3 Å². The Morgan fingerprint density at radius 3 is 2.75 bits per heavy atom. The zero-order chi connectivity index (χ0) is 14.1. The number of halogens is 2. The van der Waals surface area contributed by atoms with E-state index in [0.29, 0.717) is 0 Å². The third kappa shape index (κ3) is 2.84. The smallest absolute Gasteiger partial charge is 0.0347 e. The lowest BCUT2D eigenvalue weighted by Crippen LogP contribution is -2.13. The maximum Gasteiger partial charge on any atom is 0.0347 e. The maximum atomic E-state index is 6.40. The van der Waals surface area contributed by atoms with Crippen molar-refractivity contribution < 1.29 is 0 Å². The first kappa shape index (κ1) is 14.3. The lowest BCUT2D eigenvalue weighted by molar-refractivity contribution is 0.722. The first-order chi connectivity index (χ1) is 9.65. The summed E-state index contributed by atoms with van der Waals surface area (Å²) in [5, 5.41) is 3.54. The number of hydrogen-bond acceptors (Lipinski definition) is 2. The van der Waals surface area contributed by atoms with E-state index in [2.05, 4.69) is 67.6 Å². The average molecular weight is 411 g/mol. The first-order valence-corrected chi connectivity index (χ1v) is 8.77. The molecule has 2 aromatic carbocycles. The maximum absolute atomic E-state index is 6.40. The van der Waals surface area contributed by atoms with Crippen molar-refractivity contribution in [3.63, 3.8) is 0 Å². The van der Waals surface area contributed by atoms with Crippen molar-refractivity contribution in [1.29, 1.82) is 0 Å². The molecule has 3 rings (SSSR count). The van der Waals surface area contributed by atoms with Crippen LogP contribution in [0, 0.1) is 0 Å². The van der Waals surface area contributed by atoms with Crippen LogP contribution in [0.4, 0.5) is 0 Å². The van der Waals surface area contributed by atoms with Crippen LogP contribution in [0.15, 0.2) is 56.8 Å². The van der Waals surface area contributed by atoms with Crippen LogP contribution in [0.5, 0.6) is 0 Å². The highest BCUT2D eigenvalue weighted by atomic mass is 79.9. The van der Waals surface area contributed by atoms with Crippen molar-refractivity contribution in [2.45, 2.75) is 12.5 Å². The highest BCUT2D eigenvalue weighted by molar-refractivity contribution is 9.11. The van der Waals surface area contributed by atoms with E-state index >= 15 is 0 Å². The number of nitrogens with two attached hydrogens (primary N) is 1. The molecule has 0 bridgehead atoms. The van der Waals surface area contributed by atoms with Crippen LogP contribution >= 0.6 is 43.2 Å². The molecular weight excluding hydrogens is 398 g/mol. The van der Waals surface area contributed by atoms with Gasteiger partial charge in [0.2, 0.25) is 0 Å². The normalized spacial score (nSPS) is 12.8. The minimum Gasteiger partial charge on any atom is -0.324 e. The van der Waals surface area contributed by atoms with E-state index in [4.69, 9.17) is 5.73 Å². The van der Waals surface area contributed by atoms with Gasteiger partial charge in [0, 0.05) is 19.7 Å². The molecule has 0 aliphatic rings. The van der Waals surface area contributed by atoms with Gasteiger partial charge in [-0.2, -0.15) is 0 Å². The third-order valence-electron chi connectivity index (χ3n) is 3.36. The second kappa shape index (κ2) is 5.98. The van der Waals surface area contributed by atoms with Gasteiger partial charge in [-0.3, -0.25) is 0 Å². The van der Waals surface area contributed by atoms with E-state index in [1.165, 1.54) is 15.6 Å². The monoisotopic (exact) mass is 409 g/mol. The number of hydrogen-bond donors (Lipinski definition) is 1. The molecule has 3 aromatic rings. The van der Waals surface area contributed by atoms with Crippen LogP contribution < -0.4 is 5.73 Å². The molecule has 0 amide bonds. The van der Waals surface area contributed by atoms with E-state index in [9.17, 15) is 0 Å². The summed E-state index contributed by atoms with van der Waals surface area (Å²) in [6.45, 7) is 0. The Hall–Kier alpha value is -0.680. The zero-order valence-corrected chi connectivity index (χ0v) is 14.6. The summed E-state index contributed by atoms with van der Waals surface area (Å²) in [7, 11) is 0.